The molecule has 3 aliphatic rings. The first-order valence-electron chi connectivity index (χ1n) is 9.39. The zero-order valence-electron chi connectivity index (χ0n) is 15.3. The molecule has 0 bridgehead atoms. The Kier molecular flexibility index (Phi) is 4.77. The molecule has 6 nitrogen and oxygen atoms in total. The molecule has 4 rings (SSSR count). The van der Waals surface area contributed by atoms with E-state index < -0.39 is 11.9 Å². The van der Waals surface area contributed by atoms with E-state index >= 15 is 0 Å². The second kappa shape index (κ2) is 6.93. The lowest BCUT2D eigenvalue weighted by atomic mass is 9.84. The van der Waals surface area contributed by atoms with Gasteiger partial charge in [0.1, 0.15) is 12.2 Å². The second-order valence-electron chi connectivity index (χ2n) is 7.96. The molecule has 0 unspecified atom stereocenters. The first kappa shape index (κ1) is 17.9. The highest BCUT2D eigenvalue weighted by Gasteiger charge is 2.58. The fourth-order valence-corrected chi connectivity index (χ4v) is 4.45. The maximum absolute atomic E-state index is 12.5. The summed E-state index contributed by atoms with van der Waals surface area (Å²) in [6.07, 6.45) is 0.000159. The molecule has 0 aromatic heterocycles. The number of aliphatic hydroxyl groups excluding tert-OH is 1. The number of amides is 1. The minimum atomic E-state index is -0.657. The molecule has 5 atom stereocenters. The van der Waals surface area contributed by atoms with Gasteiger partial charge in [0, 0.05) is 13.0 Å². The van der Waals surface area contributed by atoms with Crippen molar-refractivity contribution in [3.05, 3.63) is 35.9 Å². The highest BCUT2D eigenvalue weighted by molar-refractivity contribution is 5.78. The van der Waals surface area contributed by atoms with Gasteiger partial charge in [-0.1, -0.05) is 30.3 Å². The van der Waals surface area contributed by atoms with E-state index in [9.17, 15) is 9.90 Å². The minimum Gasteiger partial charge on any atom is -0.391 e. The van der Waals surface area contributed by atoms with Gasteiger partial charge in [0.25, 0.3) is 0 Å². The molecule has 1 N–H and O–H groups in total. The van der Waals surface area contributed by atoms with Gasteiger partial charge in [0.15, 0.2) is 5.79 Å². The molecule has 0 saturated carbocycles. The van der Waals surface area contributed by atoms with Crippen molar-refractivity contribution >= 4 is 5.91 Å². The van der Waals surface area contributed by atoms with Gasteiger partial charge >= 0.3 is 0 Å². The standard InChI is InChI=1S/C20H27NO5/c1-20(2)25-15-11-21-16(22)10-14(18(23)17(21)19(15)26-20)8-9-24-12-13-6-4-3-5-7-13/h3-7,14-15,17-19,23H,8-12H2,1-2H3/t14-,15+,17-,18-,19+/m0/s1. The van der Waals surface area contributed by atoms with E-state index in [0.717, 1.165) is 5.56 Å². The van der Waals surface area contributed by atoms with E-state index in [1.165, 1.54) is 0 Å². The third kappa shape index (κ3) is 3.39. The highest BCUT2D eigenvalue weighted by Crippen LogP contribution is 2.42. The van der Waals surface area contributed by atoms with Crippen molar-refractivity contribution < 1.29 is 24.1 Å². The molecule has 26 heavy (non-hydrogen) atoms. The van der Waals surface area contributed by atoms with Crippen LogP contribution in [0.4, 0.5) is 0 Å². The van der Waals surface area contributed by atoms with Crippen LogP contribution >= 0.6 is 0 Å². The smallest absolute Gasteiger partial charge is 0.223 e. The number of benzene rings is 1. The summed E-state index contributed by atoms with van der Waals surface area (Å²) in [5, 5.41) is 10.9. The average Bonchev–Trinajstić information content (AvgIpc) is 3.09. The van der Waals surface area contributed by atoms with E-state index in [1.54, 1.807) is 4.90 Å². The van der Waals surface area contributed by atoms with Crippen LogP contribution in [0, 0.1) is 5.92 Å². The van der Waals surface area contributed by atoms with Crippen molar-refractivity contribution in [2.75, 3.05) is 13.2 Å². The lowest BCUT2D eigenvalue weighted by Gasteiger charge is -2.41. The summed E-state index contributed by atoms with van der Waals surface area (Å²) >= 11 is 0. The van der Waals surface area contributed by atoms with Gasteiger partial charge in [-0.15, -0.1) is 0 Å². The van der Waals surface area contributed by atoms with E-state index in [1.807, 2.05) is 44.2 Å². The second-order valence-corrected chi connectivity index (χ2v) is 7.96. The summed E-state index contributed by atoms with van der Waals surface area (Å²) in [5.41, 5.74) is 1.12. The number of ether oxygens (including phenoxy) is 3. The minimum absolute atomic E-state index is 0.0766. The number of hydrogen-bond acceptors (Lipinski definition) is 5. The fraction of sp³-hybridized carbons (Fsp3) is 0.650. The lowest BCUT2D eigenvalue weighted by molar-refractivity contribution is -0.181. The van der Waals surface area contributed by atoms with Crippen LogP contribution in [0.15, 0.2) is 30.3 Å². The number of aliphatic hydroxyl groups is 1. The summed E-state index contributed by atoms with van der Waals surface area (Å²) in [5.74, 6) is -0.686. The van der Waals surface area contributed by atoms with Crippen LogP contribution < -0.4 is 0 Å². The van der Waals surface area contributed by atoms with Crippen LogP contribution in [0.5, 0.6) is 0 Å². The molecule has 1 aromatic rings. The topological polar surface area (TPSA) is 68.2 Å². The third-order valence-electron chi connectivity index (χ3n) is 5.63. The Bertz CT molecular complexity index is 649. The first-order valence-corrected chi connectivity index (χ1v) is 9.39. The molecule has 0 aliphatic carbocycles. The predicted molar refractivity (Wildman–Crippen MR) is 94.2 cm³/mol. The molecule has 6 heteroatoms. The number of fused-ring (bicyclic) bond motifs is 3. The van der Waals surface area contributed by atoms with E-state index in [2.05, 4.69) is 0 Å². The monoisotopic (exact) mass is 361 g/mol. The summed E-state index contributed by atoms with van der Waals surface area (Å²) in [6, 6.07) is 9.67. The van der Waals surface area contributed by atoms with Gasteiger partial charge in [-0.3, -0.25) is 4.79 Å². The maximum atomic E-state index is 12.5. The van der Waals surface area contributed by atoms with E-state index in [4.69, 9.17) is 14.2 Å². The van der Waals surface area contributed by atoms with Gasteiger partial charge < -0.3 is 24.2 Å². The Morgan fingerprint density at radius 2 is 2.04 bits per heavy atom. The van der Waals surface area contributed by atoms with Crippen molar-refractivity contribution in [1.82, 2.24) is 4.90 Å². The van der Waals surface area contributed by atoms with Crippen LogP contribution in [-0.4, -0.2) is 59.2 Å². The Morgan fingerprint density at radius 3 is 2.81 bits per heavy atom. The first-order chi connectivity index (χ1) is 12.4. The molecule has 142 valence electrons. The number of carbonyl (C=O) groups excluding carboxylic acids is 1. The molecule has 1 amide bonds. The van der Waals surface area contributed by atoms with Crippen LogP contribution in [-0.2, 0) is 25.6 Å². The van der Waals surface area contributed by atoms with Crippen molar-refractivity contribution in [2.24, 2.45) is 5.92 Å². The molecule has 3 heterocycles. The number of nitrogens with zero attached hydrogens (tertiary/aromatic N) is 1. The molecule has 1 aromatic carbocycles. The lowest BCUT2D eigenvalue weighted by Crippen LogP contribution is -2.56. The number of rotatable bonds is 5. The predicted octanol–water partition coefficient (Wildman–Crippen LogP) is 1.70. The van der Waals surface area contributed by atoms with Crippen molar-refractivity contribution in [2.45, 2.75) is 63.4 Å². The summed E-state index contributed by atoms with van der Waals surface area (Å²) < 4.78 is 17.6. The molecule has 3 fully saturated rings. The molecule has 0 radical (unpaired) electrons. The number of hydrogen-bond donors (Lipinski definition) is 1. The van der Waals surface area contributed by atoms with E-state index in [0.29, 0.717) is 32.6 Å². The Balaban J connectivity index is 1.34. The SMILES string of the molecule is CC1(C)O[C@H]2[C@@H]3[C@@H](O)[C@@H](CCOCc4ccccc4)CC(=O)N3C[C@H]2O1. The summed E-state index contributed by atoms with van der Waals surface area (Å²) in [7, 11) is 0. The van der Waals surface area contributed by atoms with Gasteiger partial charge in [0.05, 0.1) is 25.3 Å². The Labute approximate surface area is 154 Å². The van der Waals surface area contributed by atoms with Gasteiger partial charge in [-0.05, 0) is 31.7 Å². The van der Waals surface area contributed by atoms with Crippen LogP contribution in [0.1, 0.15) is 32.3 Å². The van der Waals surface area contributed by atoms with Crippen LogP contribution in [0.2, 0.25) is 0 Å². The molecule has 3 saturated heterocycles. The quantitative estimate of drug-likeness (QED) is 0.809. The molecule has 3 aliphatic heterocycles. The largest absolute Gasteiger partial charge is 0.391 e. The Morgan fingerprint density at radius 1 is 1.27 bits per heavy atom. The van der Waals surface area contributed by atoms with Crippen LogP contribution in [0.3, 0.4) is 0 Å². The summed E-state index contributed by atoms with van der Waals surface area (Å²) in [4.78, 5) is 14.3. The molecular formula is C20H27NO5. The fourth-order valence-electron chi connectivity index (χ4n) is 4.45. The zero-order valence-corrected chi connectivity index (χ0v) is 15.3. The van der Waals surface area contributed by atoms with Gasteiger partial charge in [0.2, 0.25) is 5.91 Å². The number of piperidine rings is 1. The van der Waals surface area contributed by atoms with Crippen molar-refractivity contribution in [1.29, 1.82) is 0 Å². The summed E-state index contributed by atoms with van der Waals surface area (Å²) in [6.45, 7) is 5.33. The number of carbonyl (C=O) groups is 1. The third-order valence-corrected chi connectivity index (χ3v) is 5.63. The van der Waals surface area contributed by atoms with Crippen LogP contribution in [0.25, 0.3) is 0 Å². The average molecular weight is 361 g/mol. The molecule has 0 spiro atoms. The van der Waals surface area contributed by atoms with Gasteiger partial charge in [-0.25, -0.2) is 0 Å². The Hall–Kier alpha value is -1.47. The van der Waals surface area contributed by atoms with Gasteiger partial charge in [-0.2, -0.15) is 0 Å². The van der Waals surface area contributed by atoms with Crippen molar-refractivity contribution in [3.8, 4) is 0 Å². The van der Waals surface area contributed by atoms with Crippen molar-refractivity contribution in [3.63, 3.8) is 0 Å². The van der Waals surface area contributed by atoms with E-state index in [-0.39, 0.29) is 30.1 Å². The highest BCUT2D eigenvalue weighted by atomic mass is 16.8. The normalized spacial score (nSPS) is 35.4. The maximum Gasteiger partial charge on any atom is 0.223 e. The zero-order chi connectivity index (χ0) is 18.3. The molecular weight excluding hydrogens is 334 g/mol.